The van der Waals surface area contributed by atoms with Crippen LogP contribution in [-0.2, 0) is 19.6 Å². The van der Waals surface area contributed by atoms with Gasteiger partial charge < -0.3 is 24.7 Å². The van der Waals surface area contributed by atoms with Gasteiger partial charge in [0.1, 0.15) is 18.1 Å². The first kappa shape index (κ1) is 19.6. The maximum Gasteiger partial charge on any atom is 0.318 e. The van der Waals surface area contributed by atoms with E-state index in [-0.39, 0.29) is 11.9 Å². The summed E-state index contributed by atoms with van der Waals surface area (Å²) in [6.45, 7) is 1.97. The zero-order valence-corrected chi connectivity index (χ0v) is 16.5. The molecule has 0 bridgehead atoms. The van der Waals surface area contributed by atoms with Gasteiger partial charge in [-0.3, -0.25) is 4.79 Å². The second-order valence-electron chi connectivity index (χ2n) is 7.00. The van der Waals surface area contributed by atoms with Gasteiger partial charge in [0.05, 0.1) is 25.9 Å². The largest absolute Gasteiger partial charge is 0.491 e. The highest BCUT2D eigenvalue weighted by Gasteiger charge is 2.21. The van der Waals surface area contributed by atoms with Crippen molar-refractivity contribution in [2.24, 2.45) is 0 Å². The van der Waals surface area contributed by atoms with Crippen molar-refractivity contribution in [1.29, 1.82) is 0 Å². The predicted molar refractivity (Wildman–Crippen MR) is 111 cm³/mol. The first-order valence-electron chi connectivity index (χ1n) is 9.82. The summed E-state index contributed by atoms with van der Waals surface area (Å²) < 4.78 is 11.0. The molecule has 0 saturated carbocycles. The van der Waals surface area contributed by atoms with Crippen LogP contribution < -0.4 is 15.4 Å². The van der Waals surface area contributed by atoms with Gasteiger partial charge in [0, 0.05) is 17.7 Å². The number of benzene rings is 2. The third kappa shape index (κ3) is 4.81. The molecule has 3 amide bonds. The van der Waals surface area contributed by atoms with Gasteiger partial charge in [0.25, 0.3) is 5.91 Å². The summed E-state index contributed by atoms with van der Waals surface area (Å²) in [4.78, 5) is 26.8. The molecule has 0 fully saturated rings. The second kappa shape index (κ2) is 9.17. The zero-order chi connectivity index (χ0) is 20.8. The average molecular weight is 405 g/mol. The van der Waals surface area contributed by atoms with Crippen molar-refractivity contribution in [2.75, 3.05) is 13.2 Å². The lowest BCUT2D eigenvalue weighted by Crippen LogP contribution is -2.40. The van der Waals surface area contributed by atoms with E-state index in [0.29, 0.717) is 49.9 Å². The minimum absolute atomic E-state index is 0.167. The molecule has 0 saturated heterocycles. The average Bonchev–Trinajstić information content (AvgIpc) is 3.21. The van der Waals surface area contributed by atoms with Gasteiger partial charge in [-0.05, 0) is 35.9 Å². The Kier molecular flexibility index (Phi) is 5.98. The SMILES string of the molecule is O=C(NCc1ccccc1)c1ccc2c(c1)CN(C(=O)NCc1ccco1)CCO2. The Hall–Kier alpha value is -3.74. The molecule has 7 nitrogen and oxygen atoms in total. The van der Waals surface area contributed by atoms with Crippen LogP contribution in [0.3, 0.4) is 0 Å². The van der Waals surface area contributed by atoms with Crippen molar-refractivity contribution in [3.63, 3.8) is 0 Å². The summed E-state index contributed by atoms with van der Waals surface area (Å²) in [6, 6.07) is 18.4. The van der Waals surface area contributed by atoms with E-state index in [1.54, 1.807) is 41.5 Å². The van der Waals surface area contributed by atoms with Gasteiger partial charge >= 0.3 is 6.03 Å². The molecule has 3 aromatic rings. The summed E-state index contributed by atoms with van der Waals surface area (Å²) in [5, 5.41) is 5.77. The number of rotatable bonds is 5. The number of amides is 3. The number of furan rings is 1. The standard InChI is InChI=1S/C23H23N3O4/c27-22(24-14-17-5-2-1-3-6-17)18-8-9-21-19(13-18)16-26(10-12-30-21)23(28)25-15-20-7-4-11-29-20/h1-9,11,13H,10,12,14-16H2,(H,24,27)(H,25,28). The lowest BCUT2D eigenvalue weighted by atomic mass is 10.1. The van der Waals surface area contributed by atoms with E-state index in [9.17, 15) is 9.59 Å². The first-order chi connectivity index (χ1) is 14.7. The fourth-order valence-electron chi connectivity index (χ4n) is 3.28. The molecular weight excluding hydrogens is 382 g/mol. The Morgan fingerprint density at radius 2 is 1.83 bits per heavy atom. The lowest BCUT2D eigenvalue weighted by Gasteiger charge is -2.20. The van der Waals surface area contributed by atoms with Gasteiger partial charge in [-0.25, -0.2) is 4.79 Å². The van der Waals surface area contributed by atoms with Crippen molar-refractivity contribution >= 4 is 11.9 Å². The smallest absolute Gasteiger partial charge is 0.318 e. The summed E-state index contributed by atoms with van der Waals surface area (Å²) in [5.74, 6) is 1.21. The summed E-state index contributed by atoms with van der Waals surface area (Å²) >= 11 is 0. The van der Waals surface area contributed by atoms with E-state index in [2.05, 4.69) is 10.6 Å². The summed E-state index contributed by atoms with van der Waals surface area (Å²) in [7, 11) is 0. The van der Waals surface area contributed by atoms with Crippen LogP contribution in [0.2, 0.25) is 0 Å². The molecular formula is C23H23N3O4. The maximum absolute atomic E-state index is 12.6. The van der Waals surface area contributed by atoms with E-state index < -0.39 is 0 Å². The molecule has 4 rings (SSSR count). The van der Waals surface area contributed by atoms with Crippen molar-refractivity contribution in [3.8, 4) is 5.75 Å². The summed E-state index contributed by atoms with van der Waals surface area (Å²) in [6.07, 6.45) is 1.57. The summed E-state index contributed by atoms with van der Waals surface area (Å²) in [5.41, 5.74) is 2.36. The molecule has 0 aliphatic carbocycles. The number of carbonyl (C=O) groups is 2. The molecule has 1 aliphatic heterocycles. The molecule has 2 aromatic carbocycles. The van der Waals surface area contributed by atoms with E-state index in [4.69, 9.17) is 9.15 Å². The molecule has 2 N–H and O–H groups in total. The van der Waals surface area contributed by atoms with E-state index in [0.717, 1.165) is 11.1 Å². The highest BCUT2D eigenvalue weighted by atomic mass is 16.5. The number of fused-ring (bicyclic) bond motifs is 1. The van der Waals surface area contributed by atoms with Gasteiger partial charge in [-0.15, -0.1) is 0 Å². The molecule has 2 heterocycles. The van der Waals surface area contributed by atoms with Gasteiger partial charge in [-0.1, -0.05) is 30.3 Å². The minimum atomic E-state index is -0.207. The number of ether oxygens (including phenoxy) is 1. The van der Waals surface area contributed by atoms with Crippen LogP contribution in [0, 0.1) is 0 Å². The number of nitrogens with zero attached hydrogens (tertiary/aromatic N) is 1. The fourth-order valence-corrected chi connectivity index (χ4v) is 3.28. The normalized spacial score (nSPS) is 13.0. The van der Waals surface area contributed by atoms with Crippen LogP contribution in [0.1, 0.15) is 27.2 Å². The number of nitrogens with one attached hydrogen (secondary N) is 2. The Labute approximate surface area is 174 Å². The highest BCUT2D eigenvalue weighted by molar-refractivity contribution is 5.94. The van der Waals surface area contributed by atoms with Crippen LogP contribution in [0.4, 0.5) is 4.79 Å². The van der Waals surface area contributed by atoms with E-state index in [1.165, 1.54) is 0 Å². The van der Waals surface area contributed by atoms with Crippen LogP contribution in [0.5, 0.6) is 5.75 Å². The van der Waals surface area contributed by atoms with Crippen LogP contribution in [0.15, 0.2) is 71.3 Å². The van der Waals surface area contributed by atoms with Gasteiger partial charge in [0.2, 0.25) is 0 Å². The molecule has 154 valence electrons. The topological polar surface area (TPSA) is 83.8 Å². The van der Waals surface area contributed by atoms with E-state index >= 15 is 0 Å². The predicted octanol–water partition coefficient (Wildman–Crippen LogP) is 3.31. The minimum Gasteiger partial charge on any atom is -0.491 e. The Bertz CT molecular complexity index is 1000. The first-order valence-corrected chi connectivity index (χ1v) is 9.82. The molecule has 0 spiro atoms. The van der Waals surface area contributed by atoms with Crippen LogP contribution >= 0.6 is 0 Å². The zero-order valence-electron chi connectivity index (χ0n) is 16.5. The lowest BCUT2D eigenvalue weighted by molar-refractivity contribution is 0.0950. The third-order valence-electron chi connectivity index (χ3n) is 4.88. The number of hydrogen-bond donors (Lipinski definition) is 2. The van der Waals surface area contributed by atoms with Gasteiger partial charge in [-0.2, -0.15) is 0 Å². The quantitative estimate of drug-likeness (QED) is 0.682. The fraction of sp³-hybridized carbons (Fsp3) is 0.217. The number of carbonyl (C=O) groups excluding carboxylic acids is 2. The molecule has 30 heavy (non-hydrogen) atoms. The molecule has 1 aliphatic rings. The Morgan fingerprint density at radius 1 is 0.967 bits per heavy atom. The highest BCUT2D eigenvalue weighted by Crippen LogP contribution is 2.24. The van der Waals surface area contributed by atoms with E-state index in [1.807, 2.05) is 30.3 Å². The molecule has 0 atom stereocenters. The van der Waals surface area contributed by atoms with Crippen LogP contribution in [-0.4, -0.2) is 30.0 Å². The number of hydrogen-bond acceptors (Lipinski definition) is 4. The molecule has 0 radical (unpaired) electrons. The molecule has 1 aromatic heterocycles. The van der Waals surface area contributed by atoms with Crippen molar-refractivity contribution < 1.29 is 18.7 Å². The van der Waals surface area contributed by atoms with Crippen molar-refractivity contribution in [3.05, 3.63) is 89.4 Å². The maximum atomic E-state index is 12.6. The van der Waals surface area contributed by atoms with Crippen molar-refractivity contribution in [1.82, 2.24) is 15.5 Å². The second-order valence-corrected chi connectivity index (χ2v) is 7.00. The third-order valence-corrected chi connectivity index (χ3v) is 4.88. The molecule has 0 unspecified atom stereocenters. The Balaban J connectivity index is 1.40. The van der Waals surface area contributed by atoms with Crippen molar-refractivity contribution in [2.45, 2.75) is 19.6 Å². The number of urea groups is 1. The Morgan fingerprint density at radius 3 is 2.63 bits per heavy atom. The molecule has 7 heteroatoms. The van der Waals surface area contributed by atoms with Crippen LogP contribution in [0.25, 0.3) is 0 Å². The van der Waals surface area contributed by atoms with Gasteiger partial charge in [0.15, 0.2) is 0 Å². The monoisotopic (exact) mass is 405 g/mol.